The van der Waals surface area contributed by atoms with Crippen LogP contribution in [0, 0.1) is 5.82 Å². The zero-order valence-corrected chi connectivity index (χ0v) is 16.7. The molecule has 1 unspecified atom stereocenters. The van der Waals surface area contributed by atoms with E-state index in [0.29, 0.717) is 35.3 Å². The molecule has 2 aromatic carbocycles. The van der Waals surface area contributed by atoms with Crippen LogP contribution in [-0.4, -0.2) is 43.5 Å². The molecule has 2 aromatic rings. The number of anilines is 1. The molecule has 0 radical (unpaired) electrons. The Morgan fingerprint density at radius 3 is 2.59 bits per heavy atom. The van der Waals surface area contributed by atoms with Gasteiger partial charge in [0.1, 0.15) is 18.4 Å². The molecule has 7 heteroatoms. The second kappa shape index (κ2) is 11.1. The lowest BCUT2D eigenvalue weighted by atomic mass is 10.0. The number of carbonyl (C=O) groups excluding carboxylic acids is 3. The van der Waals surface area contributed by atoms with Crippen molar-refractivity contribution in [2.24, 2.45) is 0 Å². The van der Waals surface area contributed by atoms with Crippen LogP contribution in [-0.2, 0) is 22.7 Å². The van der Waals surface area contributed by atoms with Gasteiger partial charge in [0.15, 0.2) is 0 Å². The number of nitrogens with zero attached hydrogens (tertiary/aromatic N) is 1. The molecular formula is C22H26FN3O3. The number of hydrogen-bond acceptors (Lipinski definition) is 5. The lowest BCUT2D eigenvalue weighted by Crippen LogP contribution is -2.43. The molecular weight excluding hydrogens is 373 g/mol. The van der Waals surface area contributed by atoms with E-state index in [4.69, 9.17) is 0 Å². The lowest BCUT2D eigenvalue weighted by Gasteiger charge is -2.28. The van der Waals surface area contributed by atoms with Crippen molar-refractivity contribution >= 4 is 24.2 Å². The van der Waals surface area contributed by atoms with Gasteiger partial charge < -0.3 is 15.4 Å². The second-order valence-corrected chi connectivity index (χ2v) is 6.73. The van der Waals surface area contributed by atoms with Gasteiger partial charge in [0.2, 0.25) is 5.91 Å². The zero-order chi connectivity index (χ0) is 21.2. The predicted molar refractivity (Wildman–Crippen MR) is 110 cm³/mol. The first kappa shape index (κ1) is 22.2. The average Bonchev–Trinajstić information content (AvgIpc) is 2.73. The van der Waals surface area contributed by atoms with Crippen molar-refractivity contribution < 1.29 is 18.8 Å². The number of nitrogens with one attached hydrogen (secondary N) is 2. The molecule has 0 spiro atoms. The summed E-state index contributed by atoms with van der Waals surface area (Å²) in [6.45, 7) is 0.571. The first-order valence-corrected chi connectivity index (χ1v) is 9.41. The molecule has 0 saturated heterocycles. The highest BCUT2D eigenvalue weighted by Crippen LogP contribution is 2.23. The molecule has 1 amide bonds. The van der Waals surface area contributed by atoms with Crippen molar-refractivity contribution in [2.45, 2.75) is 32.0 Å². The van der Waals surface area contributed by atoms with Crippen molar-refractivity contribution in [3.05, 3.63) is 65.0 Å². The summed E-state index contributed by atoms with van der Waals surface area (Å²) in [4.78, 5) is 36.4. The molecule has 1 atom stereocenters. The summed E-state index contributed by atoms with van der Waals surface area (Å²) in [7, 11) is 3.32. The highest BCUT2D eigenvalue weighted by atomic mass is 19.1. The highest BCUT2D eigenvalue weighted by molar-refractivity contribution is 5.82. The van der Waals surface area contributed by atoms with E-state index in [1.165, 1.54) is 6.07 Å². The molecule has 0 saturated carbocycles. The van der Waals surface area contributed by atoms with E-state index < -0.39 is 6.04 Å². The highest BCUT2D eigenvalue weighted by Gasteiger charge is 2.23. The topological polar surface area (TPSA) is 78.5 Å². The Labute approximate surface area is 170 Å². The van der Waals surface area contributed by atoms with Crippen molar-refractivity contribution in [2.75, 3.05) is 19.4 Å². The Hall–Kier alpha value is -3.06. The first-order valence-electron chi connectivity index (χ1n) is 9.41. The number of rotatable bonds is 11. The smallest absolute Gasteiger partial charge is 0.237 e. The van der Waals surface area contributed by atoms with Crippen molar-refractivity contribution in [1.29, 1.82) is 0 Å². The van der Waals surface area contributed by atoms with Crippen molar-refractivity contribution in [3.63, 3.8) is 0 Å². The molecule has 0 aliphatic carbocycles. The van der Waals surface area contributed by atoms with Gasteiger partial charge in [-0.05, 0) is 31.2 Å². The maximum atomic E-state index is 13.9. The predicted octanol–water partition coefficient (Wildman–Crippen LogP) is 2.78. The summed E-state index contributed by atoms with van der Waals surface area (Å²) in [5.74, 6) is -0.502. The minimum atomic E-state index is -0.510. The number of aldehydes is 2. The maximum Gasteiger partial charge on any atom is 0.237 e. The Kier molecular flexibility index (Phi) is 8.48. The van der Waals surface area contributed by atoms with Crippen LogP contribution in [0.5, 0.6) is 0 Å². The zero-order valence-electron chi connectivity index (χ0n) is 16.7. The van der Waals surface area contributed by atoms with E-state index in [1.807, 2.05) is 6.07 Å². The summed E-state index contributed by atoms with van der Waals surface area (Å²) in [5, 5.41) is 5.81. The molecule has 0 fully saturated rings. The number of likely N-dealkylation sites (N-methyl/N-ethyl adjacent to an activating group) is 2. The van der Waals surface area contributed by atoms with Gasteiger partial charge in [-0.2, -0.15) is 0 Å². The molecule has 0 aliphatic rings. The van der Waals surface area contributed by atoms with Gasteiger partial charge in [-0.15, -0.1) is 0 Å². The Morgan fingerprint density at radius 2 is 1.93 bits per heavy atom. The molecule has 0 bridgehead atoms. The van der Waals surface area contributed by atoms with Gasteiger partial charge in [0.05, 0.1) is 6.04 Å². The van der Waals surface area contributed by atoms with Crippen LogP contribution < -0.4 is 10.6 Å². The summed E-state index contributed by atoms with van der Waals surface area (Å²) < 4.78 is 13.9. The molecule has 2 rings (SSSR count). The van der Waals surface area contributed by atoms with Gasteiger partial charge in [-0.3, -0.25) is 14.5 Å². The average molecular weight is 399 g/mol. The van der Waals surface area contributed by atoms with E-state index in [2.05, 4.69) is 10.6 Å². The van der Waals surface area contributed by atoms with Crippen LogP contribution in [0.3, 0.4) is 0 Å². The van der Waals surface area contributed by atoms with Gasteiger partial charge in [0.25, 0.3) is 0 Å². The largest absolute Gasteiger partial charge is 0.381 e. The van der Waals surface area contributed by atoms with E-state index in [0.717, 1.165) is 12.6 Å². The third-order valence-corrected chi connectivity index (χ3v) is 4.81. The summed E-state index contributed by atoms with van der Waals surface area (Å²) in [5.41, 5.74) is 2.40. The van der Waals surface area contributed by atoms with Gasteiger partial charge in [0, 0.05) is 43.4 Å². The summed E-state index contributed by atoms with van der Waals surface area (Å²) >= 11 is 0. The monoisotopic (exact) mass is 399 g/mol. The fourth-order valence-electron chi connectivity index (χ4n) is 3.19. The van der Waals surface area contributed by atoms with Crippen LogP contribution in [0.4, 0.5) is 10.1 Å². The van der Waals surface area contributed by atoms with Gasteiger partial charge in [-0.25, -0.2) is 4.39 Å². The van der Waals surface area contributed by atoms with Crippen LogP contribution in [0.15, 0.2) is 42.5 Å². The van der Waals surface area contributed by atoms with E-state index >= 15 is 0 Å². The first-order chi connectivity index (χ1) is 14.0. The third kappa shape index (κ3) is 5.96. The molecule has 0 aliphatic heterocycles. The molecule has 29 heavy (non-hydrogen) atoms. The lowest BCUT2D eigenvalue weighted by molar-refractivity contribution is -0.126. The number of carbonyl (C=O) groups is 3. The van der Waals surface area contributed by atoms with Gasteiger partial charge in [-0.1, -0.05) is 30.3 Å². The quantitative estimate of drug-likeness (QED) is 0.568. The number of amides is 1. The minimum Gasteiger partial charge on any atom is -0.381 e. The fraction of sp³-hybridized carbons (Fsp3) is 0.318. The second-order valence-electron chi connectivity index (χ2n) is 6.73. The fourth-order valence-corrected chi connectivity index (χ4v) is 3.19. The number of benzene rings is 2. The van der Waals surface area contributed by atoms with E-state index in [-0.39, 0.29) is 24.7 Å². The standard InChI is InChI=1S/C22H26FN3O3/c1-24-22(29)21(11-6-12-27)26(2)14-18-17(15-28)8-5-10-20(18)25-13-16-7-3-4-9-19(16)23/h3-5,7-10,12,15,21,25H,6,11,13-14H2,1-2H3,(H,24,29). The van der Waals surface area contributed by atoms with E-state index in [1.54, 1.807) is 49.3 Å². The Bertz CT molecular complexity index is 857. The van der Waals surface area contributed by atoms with Crippen LogP contribution in [0.2, 0.25) is 0 Å². The minimum absolute atomic E-state index is 0.196. The van der Waals surface area contributed by atoms with Gasteiger partial charge >= 0.3 is 0 Å². The third-order valence-electron chi connectivity index (χ3n) is 4.81. The molecule has 0 heterocycles. The van der Waals surface area contributed by atoms with Crippen LogP contribution >= 0.6 is 0 Å². The molecule has 0 aromatic heterocycles. The molecule has 6 nitrogen and oxygen atoms in total. The van der Waals surface area contributed by atoms with Crippen LogP contribution in [0.1, 0.15) is 34.3 Å². The SMILES string of the molecule is CNC(=O)C(CCC=O)N(C)Cc1c(C=O)cccc1NCc1ccccc1F. The Balaban J connectivity index is 2.25. The van der Waals surface area contributed by atoms with E-state index in [9.17, 15) is 18.8 Å². The Morgan fingerprint density at radius 1 is 1.17 bits per heavy atom. The summed E-state index contributed by atoms with van der Waals surface area (Å²) in [6, 6.07) is 11.2. The normalized spacial score (nSPS) is 11.7. The maximum absolute atomic E-state index is 13.9. The summed E-state index contributed by atoms with van der Waals surface area (Å²) in [6.07, 6.45) is 2.18. The molecule has 154 valence electrons. The van der Waals surface area contributed by atoms with Crippen molar-refractivity contribution in [1.82, 2.24) is 10.2 Å². The van der Waals surface area contributed by atoms with Crippen LogP contribution in [0.25, 0.3) is 0 Å². The number of halogens is 1. The molecule has 2 N–H and O–H groups in total. The van der Waals surface area contributed by atoms with Crippen molar-refractivity contribution in [3.8, 4) is 0 Å². The number of hydrogen-bond donors (Lipinski definition) is 2.